The molecule has 0 unspecified atom stereocenters. The van der Waals surface area contributed by atoms with Gasteiger partial charge in [0.15, 0.2) is 0 Å². The second-order valence-corrected chi connectivity index (χ2v) is 1.89. The predicted octanol–water partition coefficient (Wildman–Crippen LogP) is 2.41. The van der Waals surface area contributed by atoms with Gasteiger partial charge in [-0.1, -0.05) is 36.9 Å². The Hall–Kier alpha value is -1.04. The van der Waals surface area contributed by atoms with Gasteiger partial charge in [-0.25, -0.2) is 0 Å². The standard InChI is InChI=1S/C9H8/c1-8(2)9-6-4-3-5-7-9/h1,3-7H,2H2. The quantitative estimate of drug-likeness (QED) is 0.528. The average Bonchev–Trinajstić information content (AvgIpc) is 1.90. The van der Waals surface area contributed by atoms with Crippen molar-refractivity contribution in [3.05, 3.63) is 49.4 Å². The van der Waals surface area contributed by atoms with Gasteiger partial charge in [0.2, 0.25) is 0 Å². The molecule has 0 nitrogen and oxygen atoms in total. The van der Waals surface area contributed by atoms with Crippen LogP contribution in [-0.4, -0.2) is 0 Å². The third kappa shape index (κ3) is 1.43. The minimum atomic E-state index is 0.621. The van der Waals surface area contributed by atoms with Crippen LogP contribution < -0.4 is 0 Å². The van der Waals surface area contributed by atoms with Crippen LogP contribution in [-0.2, 0) is 0 Å². The van der Waals surface area contributed by atoms with Crippen molar-refractivity contribution < 1.29 is 0 Å². The van der Waals surface area contributed by atoms with Gasteiger partial charge in [-0.15, -0.1) is 0 Å². The summed E-state index contributed by atoms with van der Waals surface area (Å²) in [5, 5.41) is 0. The first-order chi connectivity index (χ1) is 4.30. The Morgan fingerprint density at radius 2 is 1.78 bits per heavy atom. The monoisotopic (exact) mass is 116 g/mol. The number of hydrogen-bond donors (Lipinski definition) is 0. The van der Waals surface area contributed by atoms with E-state index in [2.05, 4.69) is 6.58 Å². The van der Waals surface area contributed by atoms with E-state index in [-0.39, 0.29) is 0 Å². The van der Waals surface area contributed by atoms with Crippen LogP contribution in [0.15, 0.2) is 36.9 Å². The van der Waals surface area contributed by atoms with Crippen LogP contribution in [0.4, 0.5) is 0 Å². The van der Waals surface area contributed by atoms with Gasteiger partial charge in [-0.05, 0) is 18.1 Å². The van der Waals surface area contributed by atoms with Crippen LogP contribution in [0.25, 0.3) is 5.57 Å². The van der Waals surface area contributed by atoms with E-state index < -0.39 is 0 Å². The fourth-order valence-corrected chi connectivity index (χ4v) is 0.652. The molecule has 0 aliphatic rings. The van der Waals surface area contributed by atoms with Crippen LogP contribution in [0.3, 0.4) is 0 Å². The fraction of sp³-hybridized carbons (Fsp3) is 0. The maximum Gasteiger partial charge on any atom is -0.00120 e. The van der Waals surface area contributed by atoms with Crippen LogP contribution in [0, 0.1) is 6.92 Å². The maximum atomic E-state index is 5.42. The zero-order valence-electron chi connectivity index (χ0n) is 5.17. The van der Waals surface area contributed by atoms with Gasteiger partial charge in [-0.2, -0.15) is 0 Å². The van der Waals surface area contributed by atoms with Gasteiger partial charge >= 0.3 is 0 Å². The van der Waals surface area contributed by atoms with Crippen molar-refractivity contribution in [2.75, 3.05) is 0 Å². The fourth-order valence-electron chi connectivity index (χ4n) is 0.652. The number of allylic oxidation sites excluding steroid dienone is 1. The number of benzene rings is 1. The summed E-state index contributed by atoms with van der Waals surface area (Å²) in [4.78, 5) is 0. The highest BCUT2D eigenvalue weighted by Crippen LogP contribution is 2.08. The molecule has 44 valence electrons. The number of hydrogen-bond acceptors (Lipinski definition) is 0. The molecule has 0 fully saturated rings. The molecule has 0 saturated carbocycles. The van der Waals surface area contributed by atoms with Crippen LogP contribution in [0.2, 0.25) is 0 Å². The molecule has 0 heteroatoms. The normalized spacial score (nSPS) is 9.00. The second-order valence-electron chi connectivity index (χ2n) is 1.89. The van der Waals surface area contributed by atoms with Crippen molar-refractivity contribution in [2.45, 2.75) is 0 Å². The molecule has 1 aromatic rings. The highest BCUT2D eigenvalue weighted by atomic mass is 13.9. The van der Waals surface area contributed by atoms with Crippen LogP contribution in [0.5, 0.6) is 0 Å². The summed E-state index contributed by atoms with van der Waals surface area (Å²) in [7, 11) is 0. The second kappa shape index (κ2) is 2.49. The zero-order valence-corrected chi connectivity index (χ0v) is 5.17. The summed E-state index contributed by atoms with van der Waals surface area (Å²) in [5.74, 6) is 0. The topological polar surface area (TPSA) is 0 Å². The van der Waals surface area contributed by atoms with Crippen molar-refractivity contribution in [3.63, 3.8) is 0 Å². The summed E-state index contributed by atoms with van der Waals surface area (Å²) >= 11 is 0. The van der Waals surface area contributed by atoms with E-state index in [1.807, 2.05) is 30.3 Å². The Morgan fingerprint density at radius 3 is 2.11 bits per heavy atom. The Balaban J connectivity index is 2.98. The van der Waals surface area contributed by atoms with E-state index >= 15 is 0 Å². The van der Waals surface area contributed by atoms with Crippen molar-refractivity contribution in [3.8, 4) is 0 Å². The van der Waals surface area contributed by atoms with Gasteiger partial charge in [-0.3, -0.25) is 0 Å². The summed E-state index contributed by atoms with van der Waals surface area (Å²) < 4.78 is 0. The molecule has 1 aromatic carbocycles. The van der Waals surface area contributed by atoms with Crippen molar-refractivity contribution in [1.29, 1.82) is 0 Å². The van der Waals surface area contributed by atoms with E-state index in [1.54, 1.807) is 0 Å². The maximum absolute atomic E-state index is 5.42. The first kappa shape index (κ1) is 6.09. The molecule has 0 aliphatic heterocycles. The summed E-state index contributed by atoms with van der Waals surface area (Å²) in [6.45, 7) is 9.02. The Kier molecular flexibility index (Phi) is 1.69. The van der Waals surface area contributed by atoms with E-state index in [9.17, 15) is 0 Å². The molecular formula is C9H8. The third-order valence-electron chi connectivity index (χ3n) is 1.14. The molecular weight excluding hydrogens is 108 g/mol. The van der Waals surface area contributed by atoms with Crippen molar-refractivity contribution in [1.82, 2.24) is 0 Å². The molecule has 0 aromatic heterocycles. The molecule has 0 heterocycles. The lowest BCUT2D eigenvalue weighted by Gasteiger charge is -1.94. The Bertz CT molecular complexity index is 197. The average molecular weight is 116 g/mol. The van der Waals surface area contributed by atoms with Crippen LogP contribution in [0.1, 0.15) is 5.56 Å². The molecule has 0 aliphatic carbocycles. The van der Waals surface area contributed by atoms with Crippen molar-refractivity contribution >= 4 is 5.57 Å². The van der Waals surface area contributed by atoms with E-state index in [0.717, 1.165) is 5.56 Å². The molecule has 9 heavy (non-hydrogen) atoms. The lowest BCUT2D eigenvalue weighted by atomic mass is 10.1. The zero-order chi connectivity index (χ0) is 6.69. The minimum absolute atomic E-state index is 0.621. The first-order valence-corrected chi connectivity index (χ1v) is 2.80. The molecule has 0 saturated heterocycles. The Morgan fingerprint density at radius 1 is 1.22 bits per heavy atom. The summed E-state index contributed by atoms with van der Waals surface area (Å²) in [5.41, 5.74) is 1.62. The van der Waals surface area contributed by atoms with E-state index in [1.165, 1.54) is 0 Å². The Labute approximate surface area is 55.8 Å². The molecule has 0 spiro atoms. The third-order valence-corrected chi connectivity index (χ3v) is 1.14. The van der Waals surface area contributed by atoms with Crippen LogP contribution >= 0.6 is 0 Å². The lowest BCUT2D eigenvalue weighted by molar-refractivity contribution is 1.63. The summed E-state index contributed by atoms with van der Waals surface area (Å²) in [6.07, 6.45) is 0. The smallest absolute Gasteiger partial charge is 0.00120 e. The molecule has 0 bridgehead atoms. The lowest BCUT2D eigenvalue weighted by Crippen LogP contribution is -1.73. The SMILES string of the molecule is [CH]C(=C)c1ccccc1. The predicted molar refractivity (Wildman–Crippen MR) is 39.8 cm³/mol. The minimum Gasteiger partial charge on any atom is -0.0949 e. The molecule has 0 amide bonds. The van der Waals surface area contributed by atoms with Gasteiger partial charge in [0.25, 0.3) is 0 Å². The highest BCUT2D eigenvalue weighted by Gasteiger charge is 1.86. The molecule has 0 N–H and O–H groups in total. The van der Waals surface area contributed by atoms with Gasteiger partial charge in [0.05, 0.1) is 0 Å². The molecule has 2 radical (unpaired) electrons. The summed E-state index contributed by atoms with van der Waals surface area (Å²) in [6, 6.07) is 9.69. The first-order valence-electron chi connectivity index (χ1n) is 2.80. The van der Waals surface area contributed by atoms with E-state index in [0.29, 0.717) is 5.57 Å². The van der Waals surface area contributed by atoms with Gasteiger partial charge in [0, 0.05) is 0 Å². The highest BCUT2D eigenvalue weighted by molar-refractivity contribution is 5.65. The number of rotatable bonds is 1. The van der Waals surface area contributed by atoms with Crippen molar-refractivity contribution in [2.24, 2.45) is 0 Å². The van der Waals surface area contributed by atoms with Gasteiger partial charge < -0.3 is 0 Å². The van der Waals surface area contributed by atoms with E-state index in [4.69, 9.17) is 6.92 Å². The largest absolute Gasteiger partial charge is 0.0949 e. The van der Waals surface area contributed by atoms with Gasteiger partial charge in [0.1, 0.15) is 0 Å². The molecule has 0 atom stereocenters. The molecule has 1 rings (SSSR count).